The number of esters is 1. The summed E-state index contributed by atoms with van der Waals surface area (Å²) >= 11 is 0. The second-order valence-electron chi connectivity index (χ2n) is 13.2. The highest BCUT2D eigenvalue weighted by molar-refractivity contribution is 5.77. The molecule has 4 N–H and O–H groups in total. The average Bonchev–Trinajstić information content (AvgIpc) is 3.04. The Balaban J connectivity index is 3.38. The van der Waals surface area contributed by atoms with E-state index >= 15 is 0 Å². The minimum Gasteiger partial charge on any atom is -0.480 e. The van der Waals surface area contributed by atoms with Gasteiger partial charge in [0, 0.05) is 38.9 Å². The first-order chi connectivity index (χ1) is 24.0. The molecule has 50 heavy (non-hydrogen) atoms. The molecule has 0 saturated carbocycles. The zero-order valence-corrected chi connectivity index (χ0v) is 31.1. The van der Waals surface area contributed by atoms with Gasteiger partial charge in [-0.3, -0.25) is 19.2 Å². The van der Waals surface area contributed by atoms with E-state index in [0.717, 1.165) is 32.1 Å². The van der Waals surface area contributed by atoms with Crippen molar-refractivity contribution < 1.29 is 52.8 Å². The Morgan fingerprint density at radius 1 is 0.460 bits per heavy atom. The van der Waals surface area contributed by atoms with Crippen molar-refractivity contribution in [2.24, 2.45) is 0 Å². The lowest BCUT2D eigenvalue weighted by molar-refractivity contribution is -0.155. The Labute approximate surface area is 299 Å². The Morgan fingerprint density at radius 3 is 1.36 bits per heavy atom. The first-order valence-electron chi connectivity index (χ1n) is 18.5. The Morgan fingerprint density at radius 2 is 0.860 bits per heavy atom. The summed E-state index contributed by atoms with van der Waals surface area (Å²) in [6, 6.07) is 0. The van der Waals surface area contributed by atoms with Crippen LogP contribution in [0.5, 0.6) is 0 Å². The predicted molar refractivity (Wildman–Crippen MR) is 190 cm³/mol. The lowest BCUT2D eigenvalue weighted by Crippen LogP contribution is -2.31. The first kappa shape index (κ1) is 47.2. The molecule has 0 aliphatic rings. The fourth-order valence-electron chi connectivity index (χ4n) is 4.71. The van der Waals surface area contributed by atoms with E-state index in [2.05, 4.69) is 16.0 Å². The van der Waals surface area contributed by atoms with Gasteiger partial charge in [0.15, 0.2) is 0 Å². The molecule has 0 radical (unpaired) electrons. The molecule has 14 nitrogen and oxygen atoms in total. The maximum absolute atomic E-state index is 12.0. The Bertz CT molecular complexity index is 897. The summed E-state index contributed by atoms with van der Waals surface area (Å²) in [5, 5.41) is 16.7. The van der Waals surface area contributed by atoms with E-state index in [1.165, 1.54) is 44.9 Å². The molecule has 0 spiro atoms. The topological polar surface area (TPSA) is 188 Å². The van der Waals surface area contributed by atoms with E-state index in [9.17, 15) is 24.0 Å². The second kappa shape index (κ2) is 33.3. The molecule has 0 atom stereocenters. The number of aliphatic carboxylic acids is 1. The number of carboxylic acid groups (broad SMARTS) is 1. The lowest BCUT2D eigenvalue weighted by atomic mass is 10.0. The van der Waals surface area contributed by atoms with Gasteiger partial charge in [0.1, 0.15) is 18.8 Å². The third-order valence-electron chi connectivity index (χ3n) is 7.20. The van der Waals surface area contributed by atoms with E-state index in [1.54, 1.807) is 0 Å². The maximum atomic E-state index is 12.0. The van der Waals surface area contributed by atoms with Crippen LogP contribution in [0.2, 0.25) is 0 Å². The molecule has 0 unspecified atom stereocenters. The van der Waals surface area contributed by atoms with Crippen molar-refractivity contribution in [3.63, 3.8) is 0 Å². The van der Waals surface area contributed by atoms with Crippen LogP contribution in [0.3, 0.4) is 0 Å². The third-order valence-corrected chi connectivity index (χ3v) is 7.20. The van der Waals surface area contributed by atoms with Gasteiger partial charge >= 0.3 is 11.9 Å². The molecule has 0 saturated heterocycles. The zero-order valence-electron chi connectivity index (χ0n) is 31.1. The van der Waals surface area contributed by atoms with Crippen LogP contribution in [0.15, 0.2) is 0 Å². The summed E-state index contributed by atoms with van der Waals surface area (Å²) in [5.74, 6) is -1.48. The van der Waals surface area contributed by atoms with Crippen molar-refractivity contribution >= 4 is 29.7 Å². The van der Waals surface area contributed by atoms with Crippen molar-refractivity contribution in [1.29, 1.82) is 0 Å². The van der Waals surface area contributed by atoms with Crippen LogP contribution in [0, 0.1) is 0 Å². The van der Waals surface area contributed by atoms with Gasteiger partial charge in [0.05, 0.1) is 39.6 Å². The van der Waals surface area contributed by atoms with E-state index < -0.39 is 11.6 Å². The van der Waals surface area contributed by atoms with Gasteiger partial charge in [-0.1, -0.05) is 64.2 Å². The third kappa shape index (κ3) is 38.0. The lowest BCUT2D eigenvalue weighted by Gasteiger charge is -2.19. The highest BCUT2D eigenvalue weighted by Crippen LogP contribution is 2.14. The van der Waals surface area contributed by atoms with E-state index in [0.29, 0.717) is 51.9 Å². The number of carboxylic acids is 1. The zero-order chi connectivity index (χ0) is 37.1. The van der Waals surface area contributed by atoms with Crippen LogP contribution in [0.4, 0.5) is 0 Å². The molecule has 0 rings (SSSR count). The molecule has 0 aromatic carbocycles. The number of carbonyl (C=O) groups is 5. The second-order valence-corrected chi connectivity index (χ2v) is 13.2. The van der Waals surface area contributed by atoms with Crippen LogP contribution in [-0.2, 0) is 47.7 Å². The highest BCUT2D eigenvalue weighted by Gasteiger charge is 2.15. The molecular weight excluding hydrogens is 650 g/mol. The van der Waals surface area contributed by atoms with Crippen molar-refractivity contribution in [2.45, 2.75) is 129 Å². The van der Waals surface area contributed by atoms with Crippen LogP contribution in [0.1, 0.15) is 124 Å². The highest BCUT2D eigenvalue weighted by atomic mass is 16.6. The largest absolute Gasteiger partial charge is 0.480 e. The number of nitrogens with one attached hydrogen (secondary N) is 3. The molecule has 0 aliphatic heterocycles. The van der Waals surface area contributed by atoms with E-state index in [1.807, 2.05) is 20.8 Å². The van der Waals surface area contributed by atoms with Gasteiger partial charge < -0.3 is 44.7 Å². The number of hydrogen-bond donors (Lipinski definition) is 4. The standard InChI is InChI=1S/C36H67N3O11/c1-36(2,3)50-35(45)19-15-13-11-9-7-5-4-6-8-10-12-14-17-31(40)37-20-16-18-32(41)38-21-23-46-25-27-48-29-33(42)39-22-24-47-26-28-49-30-34(43)44/h4-30H2,1-3H3,(H,37,40)(H,38,41)(H,39,42)(H,43,44). The van der Waals surface area contributed by atoms with Crippen molar-refractivity contribution in [2.75, 3.05) is 72.5 Å². The van der Waals surface area contributed by atoms with Gasteiger partial charge in [-0.15, -0.1) is 0 Å². The predicted octanol–water partition coefficient (Wildman–Crippen LogP) is 4.07. The monoisotopic (exact) mass is 717 g/mol. The summed E-state index contributed by atoms with van der Waals surface area (Å²) in [6.45, 7) is 7.90. The first-order valence-corrected chi connectivity index (χ1v) is 18.5. The summed E-state index contributed by atoms with van der Waals surface area (Å²) in [4.78, 5) is 57.7. The van der Waals surface area contributed by atoms with Gasteiger partial charge in [0.2, 0.25) is 17.7 Å². The van der Waals surface area contributed by atoms with Gasteiger partial charge in [0.25, 0.3) is 0 Å². The van der Waals surface area contributed by atoms with E-state index in [4.69, 9.17) is 28.8 Å². The molecule has 292 valence electrons. The van der Waals surface area contributed by atoms with Gasteiger partial charge in [-0.2, -0.15) is 0 Å². The molecule has 0 fully saturated rings. The molecular formula is C36H67N3O11. The average molecular weight is 718 g/mol. The van der Waals surface area contributed by atoms with Crippen LogP contribution >= 0.6 is 0 Å². The minimum atomic E-state index is -1.04. The van der Waals surface area contributed by atoms with Crippen LogP contribution < -0.4 is 16.0 Å². The summed E-state index contributed by atoms with van der Waals surface area (Å²) in [5.41, 5.74) is -0.397. The van der Waals surface area contributed by atoms with Crippen molar-refractivity contribution in [1.82, 2.24) is 16.0 Å². The number of rotatable bonds is 35. The molecule has 0 aromatic heterocycles. The number of hydrogen-bond acceptors (Lipinski definition) is 10. The van der Waals surface area contributed by atoms with Gasteiger partial charge in [-0.25, -0.2) is 4.79 Å². The smallest absolute Gasteiger partial charge is 0.329 e. The quantitative estimate of drug-likeness (QED) is 0.0547. The molecule has 0 aliphatic carbocycles. The summed E-state index contributed by atoms with van der Waals surface area (Å²) in [7, 11) is 0. The number of ether oxygens (including phenoxy) is 5. The summed E-state index contributed by atoms with van der Waals surface area (Å²) < 4.78 is 26.0. The van der Waals surface area contributed by atoms with Crippen molar-refractivity contribution in [3.8, 4) is 0 Å². The Hall–Kier alpha value is -2.81. The number of amides is 3. The Kier molecular flexibility index (Phi) is 31.5. The minimum absolute atomic E-state index is 0.0379. The normalized spacial score (nSPS) is 11.3. The molecule has 0 bridgehead atoms. The van der Waals surface area contributed by atoms with Crippen molar-refractivity contribution in [3.05, 3.63) is 0 Å². The van der Waals surface area contributed by atoms with Crippen LogP contribution in [-0.4, -0.2) is 113 Å². The maximum Gasteiger partial charge on any atom is 0.329 e. The van der Waals surface area contributed by atoms with Gasteiger partial charge in [-0.05, 0) is 40.0 Å². The fraction of sp³-hybridized carbons (Fsp3) is 0.861. The molecule has 3 amide bonds. The number of carbonyl (C=O) groups excluding carboxylic acids is 4. The summed E-state index contributed by atoms with van der Waals surface area (Å²) in [6.07, 6.45) is 15.7. The number of unbranched alkanes of at least 4 members (excludes halogenated alkanes) is 11. The SMILES string of the molecule is CC(C)(C)OC(=O)CCCCCCCCCCCCCCC(=O)NCCCC(=O)NCCOCCOCC(=O)NCCOCCOCC(=O)O. The molecule has 0 aromatic rings. The molecule has 14 heteroatoms. The van der Waals surface area contributed by atoms with Crippen LogP contribution in [0.25, 0.3) is 0 Å². The molecule has 0 heterocycles. The fourth-order valence-corrected chi connectivity index (χ4v) is 4.71. The van der Waals surface area contributed by atoms with E-state index in [-0.39, 0.29) is 69.9 Å².